The molecule has 0 radical (unpaired) electrons. The Bertz CT molecular complexity index is 1540. The molecule has 1 unspecified atom stereocenters. The fourth-order valence-corrected chi connectivity index (χ4v) is 5.87. The van der Waals surface area contributed by atoms with Crippen LogP contribution in [0.25, 0.3) is 11.1 Å². The Hall–Kier alpha value is -4.33. The van der Waals surface area contributed by atoms with Gasteiger partial charge in [-0.25, -0.2) is 9.37 Å². The molecule has 206 valence electrons. The highest BCUT2D eigenvalue weighted by molar-refractivity contribution is 5.76. The molecule has 0 saturated heterocycles. The third-order valence-electron chi connectivity index (χ3n) is 7.69. The summed E-state index contributed by atoms with van der Waals surface area (Å²) in [5.41, 5.74) is 6.70. The lowest BCUT2D eigenvalue weighted by Gasteiger charge is -2.19. The van der Waals surface area contributed by atoms with Crippen molar-refractivity contribution in [1.29, 1.82) is 0 Å². The van der Waals surface area contributed by atoms with Gasteiger partial charge in [0.1, 0.15) is 35.4 Å². The minimum atomic E-state index is -0.413. The number of carbonyl (C=O) groups excluding carboxylic acids is 1. The van der Waals surface area contributed by atoms with E-state index >= 15 is 4.39 Å². The average molecular weight is 544 g/mol. The van der Waals surface area contributed by atoms with Crippen LogP contribution < -0.4 is 14.2 Å². The minimum absolute atomic E-state index is 0.0474. The van der Waals surface area contributed by atoms with Crippen LogP contribution in [-0.2, 0) is 22.6 Å². The first-order chi connectivity index (χ1) is 19.4. The number of methoxy groups -OCH3 is 1. The first-order valence-electron chi connectivity index (χ1n) is 13.4. The van der Waals surface area contributed by atoms with Crippen LogP contribution in [-0.4, -0.2) is 24.7 Å². The lowest BCUT2D eigenvalue weighted by molar-refractivity contribution is -0.141. The van der Waals surface area contributed by atoms with Crippen molar-refractivity contribution in [2.45, 2.75) is 51.7 Å². The van der Waals surface area contributed by atoms with Crippen LogP contribution in [0.1, 0.15) is 58.6 Å². The number of nitrogens with zero attached hydrogens (tertiary/aromatic N) is 1. The molecule has 3 aromatic carbocycles. The van der Waals surface area contributed by atoms with Crippen LogP contribution in [0.2, 0.25) is 0 Å². The third kappa shape index (κ3) is 4.90. The highest BCUT2D eigenvalue weighted by Crippen LogP contribution is 2.45. The van der Waals surface area contributed by atoms with E-state index in [0.29, 0.717) is 42.4 Å². The minimum Gasteiger partial charge on any atom is -0.492 e. The number of oxazole rings is 1. The number of ether oxygens (including phenoxy) is 4. The van der Waals surface area contributed by atoms with Gasteiger partial charge in [0.25, 0.3) is 0 Å². The normalized spacial score (nSPS) is 17.2. The molecule has 2 atom stereocenters. The summed E-state index contributed by atoms with van der Waals surface area (Å²) >= 11 is 0. The maximum Gasteiger partial charge on any atom is 0.306 e. The molecule has 6 rings (SSSR count). The van der Waals surface area contributed by atoms with Crippen molar-refractivity contribution in [2.75, 3.05) is 13.7 Å². The first-order valence-corrected chi connectivity index (χ1v) is 13.4. The Morgan fingerprint density at radius 1 is 1.10 bits per heavy atom. The predicted octanol–water partition coefficient (Wildman–Crippen LogP) is 6.78. The molecule has 1 aliphatic carbocycles. The Morgan fingerprint density at radius 2 is 1.93 bits per heavy atom. The smallest absolute Gasteiger partial charge is 0.306 e. The monoisotopic (exact) mass is 543 g/mol. The molecule has 0 saturated carbocycles. The molecule has 40 heavy (non-hydrogen) atoms. The number of hydrogen-bond donors (Lipinski definition) is 0. The Balaban J connectivity index is 1.24. The second kappa shape index (κ2) is 10.7. The second-order valence-electron chi connectivity index (χ2n) is 10.3. The molecule has 0 amide bonds. The summed E-state index contributed by atoms with van der Waals surface area (Å²) in [5, 5.41) is 0. The Labute approximate surface area is 231 Å². The maximum atomic E-state index is 15.3. The predicted molar refractivity (Wildman–Crippen MR) is 145 cm³/mol. The van der Waals surface area contributed by atoms with Crippen molar-refractivity contribution in [3.63, 3.8) is 0 Å². The molecule has 2 aliphatic rings. The number of carbonyl (C=O) groups is 1. The summed E-state index contributed by atoms with van der Waals surface area (Å²) in [4.78, 5) is 15.8. The first kappa shape index (κ1) is 25.9. The van der Waals surface area contributed by atoms with Crippen LogP contribution in [0.4, 0.5) is 4.39 Å². The zero-order valence-corrected chi connectivity index (χ0v) is 22.7. The number of esters is 1. The molecule has 0 N–H and O–H groups in total. The molecule has 7 nitrogen and oxygen atoms in total. The fourth-order valence-electron chi connectivity index (χ4n) is 5.87. The zero-order chi connectivity index (χ0) is 27.8. The molecule has 2 heterocycles. The van der Waals surface area contributed by atoms with E-state index in [1.165, 1.54) is 19.4 Å². The zero-order valence-electron chi connectivity index (χ0n) is 22.7. The number of rotatable bonds is 8. The van der Waals surface area contributed by atoms with Gasteiger partial charge in [-0.15, -0.1) is 0 Å². The van der Waals surface area contributed by atoms with Crippen molar-refractivity contribution in [1.82, 2.24) is 4.98 Å². The molecule has 0 fully saturated rings. The maximum absolute atomic E-state index is 15.3. The number of hydrogen-bond acceptors (Lipinski definition) is 7. The van der Waals surface area contributed by atoms with E-state index in [9.17, 15) is 4.79 Å². The molecular formula is C32H30FNO6. The molecule has 1 aliphatic heterocycles. The van der Waals surface area contributed by atoms with Crippen LogP contribution in [0.5, 0.6) is 17.2 Å². The van der Waals surface area contributed by atoms with Crippen molar-refractivity contribution in [2.24, 2.45) is 0 Å². The van der Waals surface area contributed by atoms with E-state index in [2.05, 4.69) is 4.98 Å². The molecule has 4 aromatic rings. The number of halogens is 1. The van der Waals surface area contributed by atoms with Crippen molar-refractivity contribution in [3.8, 4) is 28.4 Å². The summed E-state index contributed by atoms with van der Waals surface area (Å²) in [6, 6.07) is 13.0. The number of fused-ring (bicyclic) bond motifs is 2. The summed E-state index contributed by atoms with van der Waals surface area (Å²) < 4.78 is 43.4. The van der Waals surface area contributed by atoms with Crippen molar-refractivity contribution in [3.05, 3.63) is 94.4 Å². The van der Waals surface area contributed by atoms with Gasteiger partial charge in [0.05, 0.1) is 26.3 Å². The topological polar surface area (TPSA) is 80.0 Å². The van der Waals surface area contributed by atoms with Crippen LogP contribution in [0.3, 0.4) is 0 Å². The lowest BCUT2D eigenvalue weighted by atomic mass is 9.90. The van der Waals surface area contributed by atoms with E-state index in [1.54, 1.807) is 6.20 Å². The van der Waals surface area contributed by atoms with Crippen LogP contribution >= 0.6 is 0 Å². The fraction of sp³-hybridized carbons (Fsp3) is 0.312. The van der Waals surface area contributed by atoms with Gasteiger partial charge in [0.15, 0.2) is 6.61 Å². The number of aromatic nitrogens is 1. The molecule has 0 bridgehead atoms. The average Bonchev–Trinajstić information content (AvgIpc) is 3.69. The van der Waals surface area contributed by atoms with Gasteiger partial charge in [0.2, 0.25) is 5.89 Å². The van der Waals surface area contributed by atoms with Gasteiger partial charge in [-0.05, 0) is 78.8 Å². The van der Waals surface area contributed by atoms with Gasteiger partial charge in [0, 0.05) is 23.1 Å². The van der Waals surface area contributed by atoms with Gasteiger partial charge in [-0.1, -0.05) is 12.1 Å². The molecular weight excluding hydrogens is 513 g/mol. The van der Waals surface area contributed by atoms with Gasteiger partial charge < -0.3 is 23.4 Å². The number of benzene rings is 3. The van der Waals surface area contributed by atoms with Gasteiger partial charge in [-0.3, -0.25) is 4.79 Å². The van der Waals surface area contributed by atoms with E-state index in [0.717, 1.165) is 39.1 Å². The number of aryl methyl sites for hydroxylation is 2. The Morgan fingerprint density at radius 3 is 2.67 bits per heavy atom. The molecule has 8 heteroatoms. The van der Waals surface area contributed by atoms with E-state index in [4.69, 9.17) is 23.4 Å². The van der Waals surface area contributed by atoms with Gasteiger partial charge in [-0.2, -0.15) is 0 Å². The highest BCUT2D eigenvalue weighted by atomic mass is 19.1. The largest absolute Gasteiger partial charge is 0.492 e. The second-order valence-corrected chi connectivity index (χ2v) is 10.3. The highest BCUT2D eigenvalue weighted by Gasteiger charge is 2.32. The SMILES string of the molecule is COC(=O)C[C@@H]1COc2cc(OC3CCc4c(-c5c(C)cc(OCc6ncco6)cc5C)ccc(F)c43)ccc21. The summed E-state index contributed by atoms with van der Waals surface area (Å²) in [7, 11) is 1.38. The summed E-state index contributed by atoms with van der Waals surface area (Å²) in [5.74, 6) is 1.96. The van der Waals surface area contributed by atoms with Crippen LogP contribution in [0.15, 0.2) is 59.3 Å². The van der Waals surface area contributed by atoms with E-state index in [1.807, 2.05) is 50.2 Å². The van der Waals surface area contributed by atoms with E-state index < -0.39 is 6.10 Å². The standard InChI is InChI=1S/C32H30FNO6/c1-18-12-22(38-17-29-34-10-11-37-29)13-19(2)31(18)24-6-8-26(33)32-25(24)7-9-27(32)40-21-4-5-23-20(14-30(35)36-3)16-39-28(23)15-21/h4-6,8,10-13,15,20,27H,7,9,14,16-17H2,1-3H3/t20-,27?/m1/s1. The quantitative estimate of drug-likeness (QED) is 0.227. The van der Waals surface area contributed by atoms with E-state index in [-0.39, 0.29) is 30.7 Å². The third-order valence-corrected chi connectivity index (χ3v) is 7.69. The van der Waals surface area contributed by atoms with Gasteiger partial charge >= 0.3 is 5.97 Å². The summed E-state index contributed by atoms with van der Waals surface area (Å²) in [6.07, 6.45) is 4.33. The lowest BCUT2D eigenvalue weighted by Crippen LogP contribution is -2.09. The summed E-state index contributed by atoms with van der Waals surface area (Å²) in [6.45, 7) is 4.74. The van der Waals surface area contributed by atoms with Crippen molar-refractivity contribution < 1.29 is 32.5 Å². The Kier molecular flexibility index (Phi) is 6.92. The van der Waals surface area contributed by atoms with Crippen molar-refractivity contribution >= 4 is 5.97 Å². The molecule has 1 aromatic heterocycles. The van der Waals surface area contributed by atoms with Crippen LogP contribution in [0, 0.1) is 19.7 Å². The molecule has 0 spiro atoms.